The fourth-order valence-electron chi connectivity index (χ4n) is 3.18. The van der Waals surface area contributed by atoms with Crippen LogP contribution in [0.4, 0.5) is 0 Å². The fraction of sp³-hybridized carbons (Fsp3) is 0.143. The third kappa shape index (κ3) is 3.00. The highest BCUT2D eigenvalue weighted by Crippen LogP contribution is 2.35. The summed E-state index contributed by atoms with van der Waals surface area (Å²) in [6.07, 6.45) is 1.72. The van der Waals surface area contributed by atoms with E-state index in [1.807, 2.05) is 36.4 Å². The van der Waals surface area contributed by atoms with Crippen molar-refractivity contribution in [3.63, 3.8) is 0 Å². The molecule has 0 aliphatic heterocycles. The Kier molecular flexibility index (Phi) is 4.48. The van der Waals surface area contributed by atoms with Gasteiger partial charge in [0.05, 0.1) is 30.7 Å². The molecule has 6 heteroatoms. The third-order valence-corrected chi connectivity index (χ3v) is 4.41. The Morgan fingerprint density at radius 3 is 2.59 bits per heavy atom. The van der Waals surface area contributed by atoms with Crippen LogP contribution in [0.5, 0.6) is 11.5 Å². The van der Waals surface area contributed by atoms with Gasteiger partial charge in [0, 0.05) is 18.9 Å². The summed E-state index contributed by atoms with van der Waals surface area (Å²) >= 11 is 0. The van der Waals surface area contributed by atoms with Crippen LogP contribution in [0.15, 0.2) is 60.8 Å². The number of hydrogen-bond donors (Lipinski definition) is 1. The summed E-state index contributed by atoms with van der Waals surface area (Å²) in [5, 5.41) is 15.1. The van der Waals surface area contributed by atoms with Gasteiger partial charge in [-0.15, -0.1) is 0 Å². The van der Waals surface area contributed by atoms with E-state index >= 15 is 0 Å². The molecule has 0 fully saturated rings. The Bertz CT molecular complexity index is 1090. The molecule has 0 saturated heterocycles. The lowest BCUT2D eigenvalue weighted by atomic mass is 10.1. The summed E-state index contributed by atoms with van der Waals surface area (Å²) in [7, 11) is 3.23. The standard InChI is InChI=1S/C21H19N3O3/c1-26-13-17-20(14-6-4-3-5-7-14)21-22-11-10-18(24(21)23-17)16-12-15(27-2)8-9-19(16)25/h3-12,25H,13H2,1-2H3. The van der Waals surface area contributed by atoms with Crippen LogP contribution in [0.25, 0.3) is 28.0 Å². The van der Waals surface area contributed by atoms with Gasteiger partial charge in [0.1, 0.15) is 11.5 Å². The van der Waals surface area contributed by atoms with Crippen molar-refractivity contribution in [1.82, 2.24) is 14.6 Å². The van der Waals surface area contributed by atoms with E-state index in [2.05, 4.69) is 4.98 Å². The molecule has 2 heterocycles. The van der Waals surface area contributed by atoms with Crippen LogP contribution in [0.3, 0.4) is 0 Å². The molecular weight excluding hydrogens is 342 g/mol. The Labute approximate surface area is 156 Å². The van der Waals surface area contributed by atoms with E-state index in [1.165, 1.54) is 0 Å². The molecule has 0 aliphatic carbocycles. The Morgan fingerprint density at radius 2 is 1.85 bits per heavy atom. The molecule has 0 atom stereocenters. The van der Waals surface area contributed by atoms with Crippen LogP contribution in [-0.2, 0) is 11.3 Å². The average molecular weight is 361 g/mol. The first-order valence-corrected chi connectivity index (χ1v) is 8.51. The normalized spacial score (nSPS) is 11.0. The van der Waals surface area contributed by atoms with Gasteiger partial charge in [-0.3, -0.25) is 0 Å². The molecule has 0 spiro atoms. The van der Waals surface area contributed by atoms with E-state index < -0.39 is 0 Å². The minimum absolute atomic E-state index is 0.147. The summed E-state index contributed by atoms with van der Waals surface area (Å²) in [5.41, 5.74) is 4.75. The largest absolute Gasteiger partial charge is 0.507 e. The summed E-state index contributed by atoms with van der Waals surface area (Å²) in [6.45, 7) is 0.358. The van der Waals surface area contributed by atoms with Crippen molar-refractivity contribution >= 4 is 5.65 Å². The van der Waals surface area contributed by atoms with Gasteiger partial charge < -0.3 is 14.6 Å². The lowest BCUT2D eigenvalue weighted by Crippen LogP contribution is -1.97. The van der Waals surface area contributed by atoms with E-state index in [9.17, 15) is 5.11 Å². The summed E-state index contributed by atoms with van der Waals surface area (Å²) in [4.78, 5) is 4.55. The molecule has 1 N–H and O–H groups in total. The second-order valence-electron chi connectivity index (χ2n) is 6.07. The number of aromatic nitrogens is 3. The predicted molar refractivity (Wildman–Crippen MR) is 103 cm³/mol. The molecule has 0 radical (unpaired) electrons. The summed E-state index contributed by atoms with van der Waals surface area (Å²) < 4.78 is 12.4. The predicted octanol–water partition coefficient (Wildman–Crippen LogP) is 3.92. The molecule has 27 heavy (non-hydrogen) atoms. The molecular formula is C21H19N3O3. The second kappa shape index (κ2) is 7.09. The number of hydrogen-bond acceptors (Lipinski definition) is 5. The number of benzene rings is 2. The van der Waals surface area contributed by atoms with Gasteiger partial charge in [0.15, 0.2) is 5.65 Å². The van der Waals surface area contributed by atoms with E-state index in [-0.39, 0.29) is 5.75 Å². The van der Waals surface area contributed by atoms with E-state index in [1.54, 1.807) is 43.1 Å². The van der Waals surface area contributed by atoms with Crippen LogP contribution in [0, 0.1) is 0 Å². The Balaban J connectivity index is 2.00. The van der Waals surface area contributed by atoms with Crippen molar-refractivity contribution in [2.75, 3.05) is 14.2 Å². The van der Waals surface area contributed by atoms with Crippen LogP contribution >= 0.6 is 0 Å². The number of rotatable bonds is 5. The molecule has 0 aliphatic rings. The molecule has 136 valence electrons. The number of methoxy groups -OCH3 is 2. The summed E-state index contributed by atoms with van der Waals surface area (Å²) in [6, 6.07) is 16.9. The first-order chi connectivity index (χ1) is 13.2. The Morgan fingerprint density at radius 1 is 1.04 bits per heavy atom. The van der Waals surface area contributed by atoms with E-state index in [4.69, 9.17) is 14.6 Å². The summed E-state index contributed by atoms with van der Waals surface area (Å²) in [5.74, 6) is 0.800. The van der Waals surface area contributed by atoms with E-state index in [0.29, 0.717) is 23.6 Å². The minimum atomic E-state index is 0.147. The zero-order chi connectivity index (χ0) is 18.8. The molecule has 0 unspecified atom stereocenters. The van der Waals surface area contributed by atoms with Gasteiger partial charge in [-0.05, 0) is 29.8 Å². The van der Waals surface area contributed by atoms with Gasteiger partial charge >= 0.3 is 0 Å². The molecule has 6 nitrogen and oxygen atoms in total. The molecule has 0 bridgehead atoms. The van der Waals surface area contributed by atoms with E-state index in [0.717, 1.165) is 22.5 Å². The third-order valence-electron chi connectivity index (χ3n) is 4.41. The molecule has 2 aromatic carbocycles. The highest BCUT2D eigenvalue weighted by Gasteiger charge is 2.19. The zero-order valence-electron chi connectivity index (χ0n) is 15.1. The number of phenolic OH excluding ortho intramolecular Hbond substituents is 1. The number of phenols is 1. The van der Waals surface area contributed by atoms with Gasteiger partial charge in [0.25, 0.3) is 0 Å². The maximum Gasteiger partial charge on any atom is 0.163 e. The number of fused-ring (bicyclic) bond motifs is 1. The topological polar surface area (TPSA) is 68.9 Å². The minimum Gasteiger partial charge on any atom is -0.507 e. The zero-order valence-corrected chi connectivity index (χ0v) is 15.1. The van der Waals surface area contributed by atoms with Crippen molar-refractivity contribution in [3.05, 3.63) is 66.5 Å². The van der Waals surface area contributed by atoms with Crippen LogP contribution in [-0.4, -0.2) is 33.9 Å². The Hall–Kier alpha value is -3.38. The maximum absolute atomic E-state index is 10.4. The first kappa shape index (κ1) is 17.1. The van der Waals surface area contributed by atoms with Gasteiger partial charge in [-0.2, -0.15) is 5.10 Å². The highest BCUT2D eigenvalue weighted by molar-refractivity contribution is 5.82. The van der Waals surface area contributed by atoms with Crippen molar-refractivity contribution in [1.29, 1.82) is 0 Å². The smallest absolute Gasteiger partial charge is 0.163 e. The van der Waals surface area contributed by atoms with Crippen molar-refractivity contribution in [2.45, 2.75) is 6.61 Å². The molecule has 4 aromatic rings. The van der Waals surface area contributed by atoms with Crippen LogP contribution < -0.4 is 4.74 Å². The van der Waals surface area contributed by atoms with Crippen LogP contribution in [0.1, 0.15) is 5.69 Å². The monoisotopic (exact) mass is 361 g/mol. The molecule has 0 amide bonds. The first-order valence-electron chi connectivity index (χ1n) is 8.51. The maximum atomic E-state index is 10.4. The van der Waals surface area contributed by atoms with Gasteiger partial charge in [-0.1, -0.05) is 30.3 Å². The molecule has 4 rings (SSSR count). The van der Waals surface area contributed by atoms with Crippen molar-refractivity contribution in [2.24, 2.45) is 0 Å². The molecule has 2 aromatic heterocycles. The molecule has 0 saturated carbocycles. The van der Waals surface area contributed by atoms with Gasteiger partial charge in [0.2, 0.25) is 0 Å². The lowest BCUT2D eigenvalue weighted by Gasteiger charge is -2.09. The quantitative estimate of drug-likeness (QED) is 0.583. The highest BCUT2D eigenvalue weighted by atomic mass is 16.5. The second-order valence-corrected chi connectivity index (χ2v) is 6.07. The average Bonchev–Trinajstić information content (AvgIpc) is 3.07. The number of aromatic hydroxyl groups is 1. The number of ether oxygens (including phenoxy) is 2. The van der Waals surface area contributed by atoms with Gasteiger partial charge in [-0.25, -0.2) is 9.50 Å². The van der Waals surface area contributed by atoms with Crippen molar-refractivity contribution < 1.29 is 14.6 Å². The van der Waals surface area contributed by atoms with Crippen LogP contribution in [0.2, 0.25) is 0 Å². The fourth-order valence-corrected chi connectivity index (χ4v) is 3.18. The SMILES string of the molecule is COCc1nn2c(-c3cc(OC)ccc3O)ccnc2c1-c1ccccc1. The number of nitrogens with zero attached hydrogens (tertiary/aromatic N) is 3. The lowest BCUT2D eigenvalue weighted by molar-refractivity contribution is 0.181. The van der Waals surface area contributed by atoms with Crippen molar-refractivity contribution in [3.8, 4) is 33.9 Å².